The molecule has 1 aromatic carbocycles. The van der Waals surface area contributed by atoms with Crippen LogP contribution in [-0.4, -0.2) is 48.1 Å². The predicted molar refractivity (Wildman–Crippen MR) is 94.0 cm³/mol. The molecule has 1 amide bonds. The number of methoxy groups -OCH3 is 2. The van der Waals surface area contributed by atoms with Crippen LogP contribution in [0, 0.1) is 0 Å². The molecule has 2 heterocycles. The Morgan fingerprint density at radius 1 is 1.16 bits per heavy atom. The maximum Gasteiger partial charge on any atom is 0.272 e. The molecule has 0 bridgehead atoms. The zero-order valence-corrected chi connectivity index (χ0v) is 14.5. The molecule has 1 N–H and O–H groups in total. The summed E-state index contributed by atoms with van der Waals surface area (Å²) in [5.41, 5.74) is 1.42. The molecule has 0 radical (unpaired) electrons. The first-order valence-corrected chi connectivity index (χ1v) is 8.28. The minimum atomic E-state index is -0.0333. The van der Waals surface area contributed by atoms with Crippen LogP contribution in [-0.2, 0) is 6.54 Å². The Morgan fingerprint density at radius 2 is 1.92 bits per heavy atom. The van der Waals surface area contributed by atoms with E-state index in [0.717, 1.165) is 31.5 Å². The summed E-state index contributed by atoms with van der Waals surface area (Å²) < 4.78 is 10.5. The van der Waals surface area contributed by atoms with Gasteiger partial charge in [-0.25, -0.2) is 9.97 Å². The molecule has 7 heteroatoms. The van der Waals surface area contributed by atoms with E-state index < -0.39 is 0 Å². The Bertz CT molecular complexity index is 745. The van der Waals surface area contributed by atoms with Crippen LogP contribution in [0.3, 0.4) is 0 Å². The summed E-state index contributed by atoms with van der Waals surface area (Å²) in [6, 6.07) is 7.34. The van der Waals surface area contributed by atoms with Crippen molar-refractivity contribution < 1.29 is 14.3 Å². The van der Waals surface area contributed by atoms with Gasteiger partial charge in [-0.05, 0) is 36.6 Å². The number of rotatable bonds is 6. The molecule has 2 aromatic rings. The summed E-state index contributed by atoms with van der Waals surface area (Å²) in [7, 11) is 3.21. The van der Waals surface area contributed by atoms with Crippen molar-refractivity contribution in [2.24, 2.45) is 0 Å². The Labute approximate surface area is 147 Å². The number of hydrogen-bond acceptors (Lipinski definition) is 6. The van der Waals surface area contributed by atoms with E-state index >= 15 is 0 Å². The number of carbonyl (C=O) groups is 1. The summed E-state index contributed by atoms with van der Waals surface area (Å²) in [5, 5.41) is 3.15. The van der Waals surface area contributed by atoms with Gasteiger partial charge in [0, 0.05) is 25.8 Å². The van der Waals surface area contributed by atoms with Crippen LogP contribution in [0.25, 0.3) is 0 Å². The maximum absolute atomic E-state index is 12.4. The molecule has 3 rings (SSSR count). The van der Waals surface area contributed by atoms with E-state index in [1.165, 1.54) is 0 Å². The zero-order chi connectivity index (χ0) is 17.6. The van der Waals surface area contributed by atoms with Crippen LogP contribution >= 0.6 is 0 Å². The molecule has 25 heavy (non-hydrogen) atoms. The average Bonchev–Trinajstić information content (AvgIpc) is 3.20. The van der Waals surface area contributed by atoms with Gasteiger partial charge in [0.25, 0.3) is 5.91 Å². The largest absolute Gasteiger partial charge is 0.493 e. The van der Waals surface area contributed by atoms with Crippen LogP contribution in [0.15, 0.2) is 30.5 Å². The SMILES string of the molecule is COc1ccc(CNc2nccc(C(=O)N3CCCC3)n2)cc1OC. The number of amides is 1. The van der Waals surface area contributed by atoms with Crippen molar-refractivity contribution in [3.8, 4) is 11.5 Å². The molecule has 0 atom stereocenters. The normalized spacial score (nSPS) is 13.6. The number of anilines is 1. The minimum absolute atomic E-state index is 0.0333. The number of nitrogens with one attached hydrogen (secondary N) is 1. The van der Waals surface area contributed by atoms with Crippen molar-refractivity contribution >= 4 is 11.9 Å². The fourth-order valence-electron chi connectivity index (χ4n) is 2.82. The first-order valence-electron chi connectivity index (χ1n) is 8.28. The molecule has 1 fully saturated rings. The molecule has 0 spiro atoms. The van der Waals surface area contributed by atoms with E-state index in [0.29, 0.717) is 29.7 Å². The van der Waals surface area contributed by atoms with Gasteiger partial charge < -0.3 is 19.7 Å². The quantitative estimate of drug-likeness (QED) is 0.868. The van der Waals surface area contributed by atoms with Gasteiger partial charge in [-0.2, -0.15) is 0 Å². The van der Waals surface area contributed by atoms with Crippen molar-refractivity contribution in [1.82, 2.24) is 14.9 Å². The highest BCUT2D eigenvalue weighted by Crippen LogP contribution is 2.27. The van der Waals surface area contributed by atoms with Gasteiger partial charge in [0.15, 0.2) is 11.5 Å². The van der Waals surface area contributed by atoms with E-state index in [1.54, 1.807) is 26.5 Å². The third-order valence-corrected chi connectivity index (χ3v) is 4.17. The zero-order valence-electron chi connectivity index (χ0n) is 14.5. The van der Waals surface area contributed by atoms with Gasteiger partial charge in [-0.3, -0.25) is 4.79 Å². The topological polar surface area (TPSA) is 76.6 Å². The second-order valence-electron chi connectivity index (χ2n) is 5.81. The molecule has 0 aliphatic carbocycles. The first-order chi connectivity index (χ1) is 12.2. The van der Waals surface area contributed by atoms with Crippen LogP contribution in [0.1, 0.15) is 28.9 Å². The summed E-state index contributed by atoms with van der Waals surface area (Å²) in [6.07, 6.45) is 3.72. The van der Waals surface area contributed by atoms with E-state index in [-0.39, 0.29) is 5.91 Å². The molecule has 0 unspecified atom stereocenters. The molecule has 1 aliphatic heterocycles. The van der Waals surface area contributed by atoms with E-state index in [1.807, 2.05) is 23.1 Å². The summed E-state index contributed by atoms with van der Waals surface area (Å²) >= 11 is 0. The van der Waals surface area contributed by atoms with Crippen LogP contribution in [0.2, 0.25) is 0 Å². The molecule has 1 aromatic heterocycles. The lowest BCUT2D eigenvalue weighted by Gasteiger charge is -2.15. The summed E-state index contributed by atoms with van der Waals surface area (Å²) in [6.45, 7) is 2.12. The maximum atomic E-state index is 12.4. The minimum Gasteiger partial charge on any atom is -0.493 e. The third kappa shape index (κ3) is 3.99. The lowest BCUT2D eigenvalue weighted by atomic mass is 10.2. The highest BCUT2D eigenvalue weighted by atomic mass is 16.5. The average molecular weight is 342 g/mol. The second kappa shape index (κ2) is 7.83. The van der Waals surface area contributed by atoms with E-state index in [9.17, 15) is 4.79 Å². The van der Waals surface area contributed by atoms with Crippen LogP contribution in [0.4, 0.5) is 5.95 Å². The van der Waals surface area contributed by atoms with Gasteiger partial charge in [0.1, 0.15) is 5.69 Å². The monoisotopic (exact) mass is 342 g/mol. The van der Waals surface area contributed by atoms with Crippen molar-refractivity contribution in [3.05, 3.63) is 41.7 Å². The molecule has 0 saturated carbocycles. The lowest BCUT2D eigenvalue weighted by Crippen LogP contribution is -2.28. The van der Waals surface area contributed by atoms with Gasteiger partial charge in [-0.1, -0.05) is 6.07 Å². The van der Waals surface area contributed by atoms with E-state index in [2.05, 4.69) is 15.3 Å². The first kappa shape index (κ1) is 17.0. The van der Waals surface area contributed by atoms with Crippen molar-refractivity contribution in [2.75, 3.05) is 32.6 Å². The Kier molecular flexibility index (Phi) is 5.33. The number of carbonyl (C=O) groups excluding carboxylic acids is 1. The molecular formula is C18H22N4O3. The van der Waals surface area contributed by atoms with Gasteiger partial charge in [-0.15, -0.1) is 0 Å². The van der Waals surface area contributed by atoms with Gasteiger partial charge in [0.05, 0.1) is 14.2 Å². The third-order valence-electron chi connectivity index (χ3n) is 4.17. The Balaban J connectivity index is 1.67. The molecule has 1 saturated heterocycles. The fourth-order valence-corrected chi connectivity index (χ4v) is 2.82. The molecule has 1 aliphatic rings. The number of aromatic nitrogens is 2. The lowest BCUT2D eigenvalue weighted by molar-refractivity contribution is 0.0787. The number of hydrogen-bond donors (Lipinski definition) is 1. The standard InChI is InChI=1S/C18H22N4O3/c1-24-15-6-5-13(11-16(15)25-2)12-20-18-19-8-7-14(21-18)17(23)22-9-3-4-10-22/h5-8,11H,3-4,9-10,12H2,1-2H3,(H,19,20,21). The summed E-state index contributed by atoms with van der Waals surface area (Å²) in [4.78, 5) is 22.8. The number of nitrogens with zero attached hydrogens (tertiary/aromatic N) is 3. The van der Waals surface area contributed by atoms with Crippen LogP contribution in [0.5, 0.6) is 11.5 Å². The molecular weight excluding hydrogens is 320 g/mol. The van der Waals surface area contributed by atoms with Crippen LogP contribution < -0.4 is 14.8 Å². The van der Waals surface area contributed by atoms with Crippen molar-refractivity contribution in [2.45, 2.75) is 19.4 Å². The number of likely N-dealkylation sites (tertiary alicyclic amines) is 1. The second-order valence-corrected chi connectivity index (χ2v) is 5.81. The Hall–Kier alpha value is -2.83. The fraction of sp³-hybridized carbons (Fsp3) is 0.389. The predicted octanol–water partition coefficient (Wildman–Crippen LogP) is 2.34. The number of benzene rings is 1. The molecule has 132 valence electrons. The summed E-state index contributed by atoms with van der Waals surface area (Å²) in [5.74, 6) is 1.75. The van der Waals surface area contributed by atoms with Gasteiger partial charge in [0.2, 0.25) is 5.95 Å². The molecule has 7 nitrogen and oxygen atoms in total. The van der Waals surface area contributed by atoms with E-state index in [4.69, 9.17) is 9.47 Å². The smallest absolute Gasteiger partial charge is 0.272 e. The van der Waals surface area contributed by atoms with Gasteiger partial charge >= 0.3 is 0 Å². The van der Waals surface area contributed by atoms with Crippen molar-refractivity contribution in [1.29, 1.82) is 0 Å². The van der Waals surface area contributed by atoms with Crippen molar-refractivity contribution in [3.63, 3.8) is 0 Å². The highest BCUT2D eigenvalue weighted by molar-refractivity contribution is 5.92. The Morgan fingerprint density at radius 3 is 2.64 bits per heavy atom. The number of ether oxygens (including phenoxy) is 2. The highest BCUT2D eigenvalue weighted by Gasteiger charge is 2.20.